The van der Waals surface area contributed by atoms with E-state index in [2.05, 4.69) is 35.9 Å². The molecule has 0 radical (unpaired) electrons. The Balaban J connectivity index is 1.65. The van der Waals surface area contributed by atoms with E-state index >= 15 is 0 Å². The first-order valence-electron chi connectivity index (χ1n) is 8.90. The van der Waals surface area contributed by atoms with Gasteiger partial charge in [-0.25, -0.2) is 0 Å². The number of rotatable bonds is 6. The summed E-state index contributed by atoms with van der Waals surface area (Å²) in [4.78, 5) is 5.25. The second-order valence-electron chi connectivity index (χ2n) is 6.91. The predicted molar refractivity (Wildman–Crippen MR) is 87.2 cm³/mol. The molecule has 2 atom stereocenters. The number of hydrogen-bond acceptors (Lipinski definition) is 3. The zero-order chi connectivity index (χ0) is 14.4. The molecule has 2 heterocycles. The third-order valence-corrected chi connectivity index (χ3v) is 5.54. The number of likely N-dealkylation sites (tertiary alicyclic amines) is 2. The number of nitrogens with zero attached hydrogens (tertiary/aromatic N) is 2. The lowest BCUT2D eigenvalue weighted by atomic mass is 9.90. The highest BCUT2D eigenvalue weighted by molar-refractivity contribution is 4.81. The van der Waals surface area contributed by atoms with Gasteiger partial charge in [-0.05, 0) is 78.2 Å². The van der Waals surface area contributed by atoms with Gasteiger partial charge in [-0.1, -0.05) is 13.3 Å². The Morgan fingerprint density at radius 3 is 2.25 bits per heavy atom. The van der Waals surface area contributed by atoms with Gasteiger partial charge in [0.1, 0.15) is 0 Å². The van der Waals surface area contributed by atoms with Crippen LogP contribution in [0.4, 0.5) is 0 Å². The summed E-state index contributed by atoms with van der Waals surface area (Å²) < 4.78 is 0. The molecule has 2 aliphatic rings. The Bertz CT molecular complexity index is 255. The van der Waals surface area contributed by atoms with Crippen molar-refractivity contribution in [1.29, 1.82) is 0 Å². The van der Waals surface area contributed by atoms with Crippen molar-refractivity contribution in [2.45, 2.75) is 65.0 Å². The molecule has 0 aliphatic carbocycles. The van der Waals surface area contributed by atoms with E-state index < -0.39 is 0 Å². The van der Waals surface area contributed by atoms with Crippen LogP contribution in [-0.2, 0) is 0 Å². The quantitative estimate of drug-likeness (QED) is 0.807. The summed E-state index contributed by atoms with van der Waals surface area (Å²) in [6.07, 6.45) is 6.98. The second-order valence-corrected chi connectivity index (χ2v) is 6.91. The second kappa shape index (κ2) is 8.35. The van der Waals surface area contributed by atoms with Gasteiger partial charge < -0.3 is 10.2 Å². The van der Waals surface area contributed by atoms with Crippen molar-refractivity contribution in [3.05, 3.63) is 0 Å². The number of piperidine rings is 2. The summed E-state index contributed by atoms with van der Waals surface area (Å²) in [6, 6.07) is 1.38. The molecule has 3 nitrogen and oxygen atoms in total. The van der Waals surface area contributed by atoms with Gasteiger partial charge in [0, 0.05) is 18.6 Å². The fraction of sp³-hybridized carbons (Fsp3) is 1.00. The van der Waals surface area contributed by atoms with Gasteiger partial charge in [-0.3, -0.25) is 4.90 Å². The Hall–Kier alpha value is -0.120. The van der Waals surface area contributed by atoms with Gasteiger partial charge in [0.05, 0.1) is 0 Å². The summed E-state index contributed by atoms with van der Waals surface area (Å²) in [5.74, 6) is 0.881. The molecular weight excluding hydrogens is 246 g/mol. The van der Waals surface area contributed by atoms with Crippen LogP contribution in [0, 0.1) is 5.92 Å². The molecule has 0 amide bonds. The van der Waals surface area contributed by atoms with Crippen LogP contribution in [0.3, 0.4) is 0 Å². The normalized spacial score (nSPS) is 26.6. The van der Waals surface area contributed by atoms with Gasteiger partial charge in [-0.2, -0.15) is 0 Å². The molecule has 2 unspecified atom stereocenters. The average Bonchev–Trinajstić information content (AvgIpc) is 2.53. The zero-order valence-corrected chi connectivity index (χ0v) is 13.9. The van der Waals surface area contributed by atoms with Gasteiger partial charge >= 0.3 is 0 Å². The molecule has 0 aromatic carbocycles. The van der Waals surface area contributed by atoms with Crippen LogP contribution in [0.25, 0.3) is 0 Å². The summed E-state index contributed by atoms with van der Waals surface area (Å²) in [5.41, 5.74) is 0. The summed E-state index contributed by atoms with van der Waals surface area (Å²) in [6.45, 7) is 14.7. The average molecular weight is 281 g/mol. The van der Waals surface area contributed by atoms with Gasteiger partial charge in [0.15, 0.2) is 0 Å². The molecule has 118 valence electrons. The third kappa shape index (κ3) is 4.71. The van der Waals surface area contributed by atoms with Crippen molar-refractivity contribution in [2.75, 3.05) is 39.3 Å². The van der Waals surface area contributed by atoms with Crippen LogP contribution in [0.15, 0.2) is 0 Å². The molecule has 1 N–H and O–H groups in total. The molecule has 2 rings (SSSR count). The fourth-order valence-electron chi connectivity index (χ4n) is 3.78. The molecular formula is C17H35N3. The van der Waals surface area contributed by atoms with Crippen LogP contribution in [0.2, 0.25) is 0 Å². The maximum absolute atomic E-state index is 3.82. The van der Waals surface area contributed by atoms with Crippen molar-refractivity contribution in [1.82, 2.24) is 15.1 Å². The molecule has 0 bridgehead atoms. The maximum Gasteiger partial charge on any atom is 0.0192 e. The highest BCUT2D eigenvalue weighted by atomic mass is 15.2. The molecule has 2 fully saturated rings. The van der Waals surface area contributed by atoms with Gasteiger partial charge in [-0.15, -0.1) is 0 Å². The first-order chi connectivity index (χ1) is 9.70. The minimum Gasteiger partial charge on any atom is -0.312 e. The highest BCUT2D eigenvalue weighted by Crippen LogP contribution is 2.20. The van der Waals surface area contributed by atoms with Gasteiger partial charge in [0.2, 0.25) is 0 Å². The molecule has 20 heavy (non-hydrogen) atoms. The molecule has 2 saturated heterocycles. The summed E-state index contributed by atoms with van der Waals surface area (Å²) in [7, 11) is 0. The topological polar surface area (TPSA) is 18.5 Å². The molecule has 3 heteroatoms. The predicted octanol–water partition coefficient (Wildman–Crippen LogP) is 2.57. The van der Waals surface area contributed by atoms with E-state index in [0.717, 1.165) is 12.5 Å². The lowest BCUT2D eigenvalue weighted by Gasteiger charge is -2.37. The first-order valence-corrected chi connectivity index (χ1v) is 8.90. The minimum absolute atomic E-state index is 0.682. The van der Waals surface area contributed by atoms with E-state index in [0.29, 0.717) is 12.1 Å². The standard InChI is InChI=1S/C17H35N3/c1-4-19-12-8-17(9-13-19)16(3)18-14-15(2)20-10-6-5-7-11-20/h15-18H,4-14H2,1-3H3. The Labute approximate surface area is 126 Å². The van der Waals surface area contributed by atoms with Crippen LogP contribution < -0.4 is 5.32 Å². The van der Waals surface area contributed by atoms with Crippen LogP contribution in [0.1, 0.15) is 52.9 Å². The maximum atomic E-state index is 3.82. The fourth-order valence-corrected chi connectivity index (χ4v) is 3.78. The first kappa shape index (κ1) is 16.3. The third-order valence-electron chi connectivity index (χ3n) is 5.54. The van der Waals surface area contributed by atoms with E-state index in [4.69, 9.17) is 0 Å². The Kier molecular flexibility index (Phi) is 6.79. The smallest absolute Gasteiger partial charge is 0.0192 e. The largest absolute Gasteiger partial charge is 0.312 e. The van der Waals surface area contributed by atoms with Crippen LogP contribution >= 0.6 is 0 Å². The lowest BCUT2D eigenvalue weighted by molar-refractivity contribution is 0.147. The van der Waals surface area contributed by atoms with E-state index in [1.165, 1.54) is 64.8 Å². The highest BCUT2D eigenvalue weighted by Gasteiger charge is 2.24. The van der Waals surface area contributed by atoms with E-state index in [1.807, 2.05) is 0 Å². The van der Waals surface area contributed by atoms with E-state index in [9.17, 15) is 0 Å². The molecule has 2 aliphatic heterocycles. The molecule has 0 spiro atoms. The Morgan fingerprint density at radius 1 is 1.00 bits per heavy atom. The zero-order valence-electron chi connectivity index (χ0n) is 13.9. The van der Waals surface area contributed by atoms with E-state index in [-0.39, 0.29) is 0 Å². The van der Waals surface area contributed by atoms with Crippen LogP contribution in [0.5, 0.6) is 0 Å². The molecule has 0 aromatic rings. The summed E-state index contributed by atoms with van der Waals surface area (Å²) in [5, 5.41) is 3.82. The van der Waals surface area contributed by atoms with Crippen molar-refractivity contribution in [3.8, 4) is 0 Å². The van der Waals surface area contributed by atoms with Crippen molar-refractivity contribution in [3.63, 3.8) is 0 Å². The van der Waals surface area contributed by atoms with E-state index in [1.54, 1.807) is 0 Å². The number of nitrogens with one attached hydrogen (secondary N) is 1. The van der Waals surface area contributed by atoms with Crippen LogP contribution in [-0.4, -0.2) is 61.2 Å². The van der Waals surface area contributed by atoms with Gasteiger partial charge in [0.25, 0.3) is 0 Å². The molecule has 0 aromatic heterocycles. The minimum atomic E-state index is 0.682. The van der Waals surface area contributed by atoms with Crippen molar-refractivity contribution < 1.29 is 0 Å². The van der Waals surface area contributed by atoms with Crippen molar-refractivity contribution >= 4 is 0 Å². The Morgan fingerprint density at radius 2 is 1.65 bits per heavy atom. The SMILES string of the molecule is CCN1CCC(C(C)NCC(C)N2CCCCC2)CC1. The molecule has 0 saturated carbocycles. The monoisotopic (exact) mass is 281 g/mol. The van der Waals surface area contributed by atoms with Crippen molar-refractivity contribution in [2.24, 2.45) is 5.92 Å². The number of hydrogen-bond donors (Lipinski definition) is 1. The summed E-state index contributed by atoms with van der Waals surface area (Å²) >= 11 is 0. The lowest BCUT2D eigenvalue weighted by Crippen LogP contribution is -2.48.